The van der Waals surface area contributed by atoms with Crippen molar-refractivity contribution in [3.8, 4) is 0 Å². The average molecular weight is 514 g/mol. The first-order valence-corrected chi connectivity index (χ1v) is 13.4. The van der Waals surface area contributed by atoms with Crippen molar-refractivity contribution in [3.05, 3.63) is 56.2 Å². The monoisotopic (exact) mass is 513 g/mol. The summed E-state index contributed by atoms with van der Waals surface area (Å²) in [4.78, 5) is 41.8. The molecular formula is C28H43N5O4. The second-order valence-electron chi connectivity index (χ2n) is 10.9. The number of nitrogens with one attached hydrogen (secondary N) is 3. The molecular weight excluding hydrogens is 470 g/mol. The van der Waals surface area contributed by atoms with Crippen molar-refractivity contribution in [2.45, 2.75) is 78.9 Å². The molecule has 1 unspecified atom stereocenters. The van der Waals surface area contributed by atoms with Gasteiger partial charge in [-0.15, -0.1) is 0 Å². The van der Waals surface area contributed by atoms with Crippen molar-refractivity contribution < 1.29 is 9.53 Å². The summed E-state index contributed by atoms with van der Waals surface area (Å²) in [5.41, 5.74) is 2.12. The molecule has 1 aliphatic heterocycles. The summed E-state index contributed by atoms with van der Waals surface area (Å²) in [6, 6.07) is 7.45. The highest BCUT2D eigenvalue weighted by Crippen LogP contribution is 2.20. The van der Waals surface area contributed by atoms with Crippen molar-refractivity contribution in [2.75, 3.05) is 31.5 Å². The molecule has 0 spiro atoms. The summed E-state index contributed by atoms with van der Waals surface area (Å²) in [7, 11) is 0. The number of aromatic amines is 1. The van der Waals surface area contributed by atoms with E-state index in [4.69, 9.17) is 4.74 Å². The summed E-state index contributed by atoms with van der Waals surface area (Å²) in [5, 5.41) is 6.62. The van der Waals surface area contributed by atoms with E-state index in [1.54, 1.807) is 4.90 Å². The largest absolute Gasteiger partial charge is 0.444 e. The molecule has 0 bridgehead atoms. The van der Waals surface area contributed by atoms with Crippen molar-refractivity contribution in [2.24, 2.45) is 5.92 Å². The number of ether oxygens (including phenoxy) is 1. The molecule has 3 N–H and O–H groups in total. The molecule has 2 aromatic rings. The number of anilines is 2. The molecule has 0 saturated carbocycles. The molecule has 1 atom stereocenters. The van der Waals surface area contributed by atoms with Crippen LogP contribution in [0.3, 0.4) is 0 Å². The van der Waals surface area contributed by atoms with E-state index in [1.807, 2.05) is 39.0 Å². The zero-order valence-corrected chi connectivity index (χ0v) is 23.0. The maximum atomic E-state index is 12.5. The minimum Gasteiger partial charge on any atom is -0.444 e. The van der Waals surface area contributed by atoms with Crippen LogP contribution in [0.4, 0.5) is 16.3 Å². The van der Waals surface area contributed by atoms with Gasteiger partial charge in [-0.1, -0.05) is 19.4 Å². The van der Waals surface area contributed by atoms with E-state index in [-0.39, 0.29) is 11.7 Å². The Balaban J connectivity index is 1.36. The third kappa shape index (κ3) is 8.77. The van der Waals surface area contributed by atoms with Gasteiger partial charge in [0.05, 0.1) is 0 Å². The van der Waals surface area contributed by atoms with E-state index < -0.39 is 11.3 Å². The van der Waals surface area contributed by atoms with Crippen LogP contribution in [0.1, 0.15) is 64.5 Å². The minimum atomic E-state index is -0.470. The first-order valence-electron chi connectivity index (χ1n) is 13.4. The number of hydrogen-bond donors (Lipinski definition) is 3. The van der Waals surface area contributed by atoms with Gasteiger partial charge in [0.2, 0.25) is 0 Å². The van der Waals surface area contributed by atoms with Crippen LogP contribution in [0.5, 0.6) is 0 Å². The highest BCUT2D eigenvalue weighted by molar-refractivity contribution is 5.68. The van der Waals surface area contributed by atoms with Crippen LogP contribution in [-0.2, 0) is 17.7 Å². The van der Waals surface area contributed by atoms with Crippen LogP contribution in [0.25, 0.3) is 0 Å². The highest BCUT2D eigenvalue weighted by Gasteiger charge is 2.29. The molecule has 9 heteroatoms. The summed E-state index contributed by atoms with van der Waals surface area (Å²) in [5.74, 6) is 0.837. The van der Waals surface area contributed by atoms with E-state index in [1.165, 1.54) is 21.8 Å². The topological polar surface area (TPSA) is 108 Å². The summed E-state index contributed by atoms with van der Waals surface area (Å²) in [6.45, 7) is 13.4. The fraction of sp³-hybridized carbons (Fsp3) is 0.607. The molecule has 204 valence electrons. The van der Waals surface area contributed by atoms with Crippen LogP contribution in [0.2, 0.25) is 0 Å². The van der Waals surface area contributed by atoms with E-state index >= 15 is 0 Å². The van der Waals surface area contributed by atoms with Crippen LogP contribution >= 0.6 is 0 Å². The second-order valence-corrected chi connectivity index (χ2v) is 10.9. The number of rotatable bonds is 11. The number of benzene rings is 1. The SMILES string of the molecule is CCc1cc(Nc2cc(=O)n(CCCCCNCC3CCN(C(=O)OC(C)(C)C)C3)c(=O)[nH]2)ccc1C. The molecule has 0 radical (unpaired) electrons. The van der Waals surface area contributed by atoms with Gasteiger partial charge in [0.1, 0.15) is 11.4 Å². The first-order chi connectivity index (χ1) is 17.6. The Bertz CT molecular complexity index is 1130. The highest BCUT2D eigenvalue weighted by atomic mass is 16.6. The molecule has 1 aromatic heterocycles. The van der Waals surface area contributed by atoms with E-state index in [2.05, 4.69) is 29.5 Å². The molecule has 0 aliphatic carbocycles. The molecule has 3 rings (SSSR count). The Kier molecular flexibility index (Phi) is 9.97. The molecule has 1 saturated heterocycles. The molecule has 1 amide bonds. The molecule has 1 aliphatic rings. The molecule has 1 fully saturated rings. The Morgan fingerprint density at radius 1 is 1.16 bits per heavy atom. The summed E-state index contributed by atoms with van der Waals surface area (Å²) >= 11 is 0. The van der Waals surface area contributed by atoms with Gasteiger partial charge in [-0.05, 0) is 95.6 Å². The zero-order chi connectivity index (χ0) is 27.0. The minimum absolute atomic E-state index is 0.232. The predicted octanol–water partition coefficient (Wildman–Crippen LogP) is 4.17. The maximum Gasteiger partial charge on any atom is 0.410 e. The smallest absolute Gasteiger partial charge is 0.410 e. The van der Waals surface area contributed by atoms with Crippen LogP contribution in [0.15, 0.2) is 33.9 Å². The third-order valence-electron chi connectivity index (χ3n) is 6.64. The number of hydrogen-bond acceptors (Lipinski definition) is 6. The lowest BCUT2D eigenvalue weighted by Crippen LogP contribution is -2.36. The van der Waals surface area contributed by atoms with Crippen molar-refractivity contribution in [1.29, 1.82) is 0 Å². The van der Waals surface area contributed by atoms with Gasteiger partial charge in [-0.25, -0.2) is 9.59 Å². The first kappa shape index (κ1) is 28.5. The fourth-order valence-corrected chi connectivity index (χ4v) is 4.58. The predicted molar refractivity (Wildman–Crippen MR) is 148 cm³/mol. The van der Waals surface area contributed by atoms with Gasteiger partial charge >= 0.3 is 11.8 Å². The van der Waals surface area contributed by atoms with Crippen molar-refractivity contribution in [1.82, 2.24) is 19.8 Å². The van der Waals surface area contributed by atoms with Gasteiger partial charge in [0, 0.05) is 31.4 Å². The van der Waals surface area contributed by atoms with Crippen LogP contribution in [-0.4, -0.2) is 52.3 Å². The van der Waals surface area contributed by atoms with Crippen LogP contribution in [0, 0.1) is 12.8 Å². The Labute approximate surface area is 219 Å². The lowest BCUT2D eigenvalue weighted by molar-refractivity contribution is 0.0288. The van der Waals surface area contributed by atoms with Gasteiger partial charge in [-0.2, -0.15) is 0 Å². The number of aryl methyl sites for hydroxylation is 2. The number of amides is 1. The number of unbranched alkanes of at least 4 members (excludes halogenated alkanes) is 2. The fourth-order valence-electron chi connectivity index (χ4n) is 4.58. The third-order valence-corrected chi connectivity index (χ3v) is 6.64. The van der Waals surface area contributed by atoms with Crippen molar-refractivity contribution in [3.63, 3.8) is 0 Å². The lowest BCUT2D eigenvalue weighted by Gasteiger charge is -2.24. The maximum absolute atomic E-state index is 12.5. The number of nitrogens with zero attached hydrogens (tertiary/aromatic N) is 2. The van der Waals surface area contributed by atoms with E-state index in [9.17, 15) is 14.4 Å². The van der Waals surface area contributed by atoms with Gasteiger partial charge in [-0.3, -0.25) is 14.3 Å². The van der Waals surface area contributed by atoms with Crippen molar-refractivity contribution >= 4 is 17.6 Å². The second kappa shape index (κ2) is 12.9. The quantitative estimate of drug-likeness (QED) is 0.389. The van der Waals surface area contributed by atoms with Crippen LogP contribution < -0.4 is 21.9 Å². The van der Waals surface area contributed by atoms with Gasteiger partial charge in [0.25, 0.3) is 5.56 Å². The van der Waals surface area contributed by atoms with E-state index in [0.29, 0.717) is 18.3 Å². The number of carbonyl (C=O) groups excluding carboxylic acids is 1. The Morgan fingerprint density at radius 2 is 1.95 bits per heavy atom. The lowest BCUT2D eigenvalue weighted by atomic mass is 10.1. The summed E-state index contributed by atoms with van der Waals surface area (Å²) in [6.07, 6.45) is 4.29. The summed E-state index contributed by atoms with van der Waals surface area (Å²) < 4.78 is 6.71. The van der Waals surface area contributed by atoms with E-state index in [0.717, 1.165) is 64.0 Å². The Hall–Kier alpha value is -3.07. The Morgan fingerprint density at radius 3 is 2.65 bits per heavy atom. The molecule has 2 heterocycles. The number of H-pyrrole nitrogens is 1. The molecule has 1 aromatic carbocycles. The van der Waals surface area contributed by atoms with Gasteiger partial charge in [0.15, 0.2) is 0 Å². The number of likely N-dealkylation sites (tertiary alicyclic amines) is 1. The molecule has 37 heavy (non-hydrogen) atoms. The average Bonchev–Trinajstić information content (AvgIpc) is 3.29. The van der Waals surface area contributed by atoms with Gasteiger partial charge < -0.3 is 20.3 Å². The standard InChI is InChI=1S/C28H43N5O4/c1-6-22-16-23(11-10-20(22)2)30-24-17-25(34)33(26(35)31-24)14-9-7-8-13-29-18-21-12-15-32(19-21)27(36)37-28(3,4)5/h10-11,16-17,21,29-30H,6-9,12-15,18-19H2,1-5H3,(H,31,35). The number of carbonyl (C=O) groups is 1. The number of aromatic nitrogens is 2. The normalized spacial score (nSPS) is 15.7. The molecule has 9 nitrogen and oxygen atoms in total. The zero-order valence-electron chi connectivity index (χ0n) is 23.0.